The molecule has 0 aliphatic heterocycles. The minimum Gasteiger partial charge on any atom is -0.383 e. The quantitative estimate of drug-likeness (QED) is 0.233. The number of aromatic nitrogens is 5. The largest absolute Gasteiger partial charge is 0.383 e. The van der Waals surface area contributed by atoms with Crippen LogP contribution in [0.25, 0.3) is 21.7 Å². The molecule has 2 N–H and O–H groups in total. The minimum absolute atomic E-state index is 0.0167. The maximum atomic E-state index is 9.84. The lowest BCUT2D eigenvalue weighted by molar-refractivity contribution is 0.443. The van der Waals surface area contributed by atoms with Crippen LogP contribution in [0.5, 0.6) is 0 Å². The average Bonchev–Trinajstić information content (AvgIpc) is 3.66. The molecule has 0 saturated heterocycles. The number of nitriles is 1. The molecule has 3 heterocycles. The van der Waals surface area contributed by atoms with Crippen molar-refractivity contribution in [1.29, 1.82) is 5.26 Å². The molecule has 39 heavy (non-hydrogen) atoms. The van der Waals surface area contributed by atoms with Crippen LogP contribution in [0.3, 0.4) is 0 Å². The molecule has 1 saturated carbocycles. The van der Waals surface area contributed by atoms with Gasteiger partial charge in [-0.3, -0.25) is 9.97 Å². The summed E-state index contributed by atoms with van der Waals surface area (Å²) in [6.07, 6.45) is 9.53. The van der Waals surface area contributed by atoms with E-state index in [1.54, 1.807) is 12.4 Å². The Morgan fingerprint density at radius 2 is 2.00 bits per heavy atom. The summed E-state index contributed by atoms with van der Waals surface area (Å²) in [6, 6.07) is 14.5. The van der Waals surface area contributed by atoms with Gasteiger partial charge in [-0.25, -0.2) is 4.68 Å². The van der Waals surface area contributed by atoms with Gasteiger partial charge in [-0.1, -0.05) is 55.8 Å². The van der Waals surface area contributed by atoms with Crippen LogP contribution in [0.2, 0.25) is 5.02 Å². The van der Waals surface area contributed by atoms with Crippen LogP contribution >= 0.6 is 11.6 Å². The van der Waals surface area contributed by atoms with E-state index in [9.17, 15) is 5.26 Å². The van der Waals surface area contributed by atoms with Gasteiger partial charge in [0, 0.05) is 41.6 Å². The van der Waals surface area contributed by atoms with Gasteiger partial charge in [-0.2, -0.15) is 5.26 Å². The van der Waals surface area contributed by atoms with Crippen molar-refractivity contribution in [3.05, 3.63) is 83.0 Å². The highest BCUT2D eigenvalue weighted by molar-refractivity contribution is 6.35. The zero-order valence-electron chi connectivity index (χ0n) is 22.1. The van der Waals surface area contributed by atoms with Gasteiger partial charge in [0.2, 0.25) is 0 Å². The van der Waals surface area contributed by atoms with Gasteiger partial charge < -0.3 is 10.6 Å². The van der Waals surface area contributed by atoms with E-state index in [1.165, 1.54) is 0 Å². The third-order valence-corrected chi connectivity index (χ3v) is 7.21. The normalized spacial score (nSPS) is 14.3. The fraction of sp³-hybridized carbons (Fsp3) is 0.300. The number of benzene rings is 2. The maximum absolute atomic E-state index is 9.84. The van der Waals surface area contributed by atoms with E-state index in [-0.39, 0.29) is 11.5 Å². The predicted molar refractivity (Wildman–Crippen MR) is 155 cm³/mol. The van der Waals surface area contributed by atoms with Gasteiger partial charge in [0.15, 0.2) is 0 Å². The number of nitrogens with one attached hydrogen (secondary N) is 2. The Morgan fingerprint density at radius 1 is 1.15 bits per heavy atom. The van der Waals surface area contributed by atoms with Crippen LogP contribution in [0, 0.1) is 16.7 Å². The predicted octanol–water partition coefficient (Wildman–Crippen LogP) is 6.89. The first-order chi connectivity index (χ1) is 18.8. The van der Waals surface area contributed by atoms with Crippen molar-refractivity contribution < 1.29 is 0 Å². The fourth-order valence-electron chi connectivity index (χ4n) is 4.78. The number of nitrogens with zero attached hydrogens (tertiary/aromatic N) is 6. The smallest absolute Gasteiger partial charge is 0.110 e. The molecular formula is C30H29ClN8. The summed E-state index contributed by atoms with van der Waals surface area (Å²) >= 11 is 6.79. The van der Waals surface area contributed by atoms with Gasteiger partial charge in [0.1, 0.15) is 11.8 Å². The first-order valence-electron chi connectivity index (χ1n) is 13.1. The maximum Gasteiger partial charge on any atom is 0.110 e. The van der Waals surface area contributed by atoms with Gasteiger partial charge in [-0.15, -0.1) is 5.10 Å². The third kappa shape index (κ3) is 5.10. The number of hydrogen-bond acceptors (Lipinski definition) is 7. The summed E-state index contributed by atoms with van der Waals surface area (Å²) in [4.78, 5) is 8.90. The van der Waals surface area contributed by atoms with Crippen molar-refractivity contribution in [3.63, 3.8) is 0 Å². The van der Waals surface area contributed by atoms with E-state index in [0.717, 1.165) is 51.6 Å². The van der Waals surface area contributed by atoms with Crippen LogP contribution < -0.4 is 10.6 Å². The van der Waals surface area contributed by atoms with E-state index >= 15 is 0 Å². The highest BCUT2D eigenvalue weighted by atomic mass is 35.5. The first-order valence-corrected chi connectivity index (χ1v) is 13.5. The number of fused-ring (bicyclic) bond motifs is 2. The van der Waals surface area contributed by atoms with Crippen molar-refractivity contribution in [3.8, 4) is 6.07 Å². The minimum atomic E-state index is -0.308. The van der Waals surface area contributed by atoms with Gasteiger partial charge in [0.25, 0.3) is 0 Å². The second kappa shape index (κ2) is 9.83. The molecule has 1 fully saturated rings. The van der Waals surface area contributed by atoms with Crippen molar-refractivity contribution in [2.45, 2.75) is 45.7 Å². The summed E-state index contributed by atoms with van der Waals surface area (Å²) in [5, 5.41) is 29.4. The lowest BCUT2D eigenvalue weighted by atomic mass is 9.96. The van der Waals surface area contributed by atoms with Crippen LogP contribution in [0.4, 0.5) is 11.4 Å². The Morgan fingerprint density at radius 3 is 2.77 bits per heavy atom. The van der Waals surface area contributed by atoms with Crippen LogP contribution in [-0.2, 0) is 0 Å². The zero-order chi connectivity index (χ0) is 27.1. The average molecular weight is 537 g/mol. The van der Waals surface area contributed by atoms with Crippen molar-refractivity contribution >= 4 is 44.7 Å². The van der Waals surface area contributed by atoms with E-state index in [2.05, 4.69) is 69.9 Å². The molecule has 1 unspecified atom stereocenters. The summed E-state index contributed by atoms with van der Waals surface area (Å²) in [6.45, 7) is 7.13. The molecule has 1 aliphatic rings. The molecule has 0 amide bonds. The first kappa shape index (κ1) is 25.1. The Kier molecular flexibility index (Phi) is 6.32. The molecule has 0 bridgehead atoms. The van der Waals surface area contributed by atoms with Gasteiger partial charge >= 0.3 is 0 Å². The summed E-state index contributed by atoms with van der Waals surface area (Å²) in [7, 11) is 0. The van der Waals surface area contributed by atoms with Crippen LogP contribution in [-0.4, -0.2) is 31.5 Å². The summed E-state index contributed by atoms with van der Waals surface area (Å²) < 4.78 is 1.96. The van der Waals surface area contributed by atoms with E-state index in [4.69, 9.17) is 11.6 Å². The number of anilines is 2. The highest BCUT2D eigenvalue weighted by Crippen LogP contribution is 2.38. The van der Waals surface area contributed by atoms with Crippen molar-refractivity contribution in [2.75, 3.05) is 17.2 Å². The number of pyridine rings is 2. The zero-order valence-corrected chi connectivity index (χ0v) is 22.9. The standard InChI is InChI=1S/C30H29ClN8/c1-30(2,3)17-35-27-19(13-32)14-34-28-23(27)11-20(12-25(28)31)36-29(26-16-39(38-37-26)21-7-8-21)22-6-4-5-18-9-10-33-15-24(18)22/h4-6,9-12,14-16,21,29,36H,7-8,17H2,1-3H3,(H,34,35). The molecule has 1 atom stereocenters. The fourth-order valence-corrected chi connectivity index (χ4v) is 5.05. The monoisotopic (exact) mass is 536 g/mol. The molecule has 8 nitrogen and oxygen atoms in total. The van der Waals surface area contributed by atoms with Crippen LogP contribution in [0.15, 0.2) is 61.2 Å². The van der Waals surface area contributed by atoms with E-state index in [0.29, 0.717) is 28.7 Å². The molecule has 2 aromatic carbocycles. The molecule has 0 radical (unpaired) electrons. The third-order valence-electron chi connectivity index (χ3n) is 6.92. The molecule has 196 valence electrons. The lowest BCUT2D eigenvalue weighted by Gasteiger charge is -2.23. The second-order valence-corrected chi connectivity index (χ2v) is 11.7. The van der Waals surface area contributed by atoms with E-state index < -0.39 is 0 Å². The Labute approximate surface area is 232 Å². The molecule has 0 spiro atoms. The highest BCUT2D eigenvalue weighted by Gasteiger charge is 2.28. The molecular weight excluding hydrogens is 508 g/mol. The molecule has 3 aromatic heterocycles. The van der Waals surface area contributed by atoms with Gasteiger partial charge in [-0.05, 0) is 47.4 Å². The van der Waals surface area contributed by atoms with E-state index in [1.807, 2.05) is 41.3 Å². The number of halogens is 1. The second-order valence-electron chi connectivity index (χ2n) is 11.3. The molecule has 6 rings (SSSR count). The molecule has 1 aliphatic carbocycles. The summed E-state index contributed by atoms with van der Waals surface area (Å²) in [5.41, 5.74) is 4.50. The Bertz CT molecular complexity index is 1720. The molecule has 5 aromatic rings. The molecule has 9 heteroatoms. The van der Waals surface area contributed by atoms with Crippen LogP contribution in [0.1, 0.15) is 62.5 Å². The lowest BCUT2D eigenvalue weighted by Crippen LogP contribution is -2.20. The van der Waals surface area contributed by atoms with Gasteiger partial charge in [0.05, 0.1) is 40.1 Å². The Balaban J connectivity index is 1.47. The Hall–Kier alpha value is -4.22. The summed E-state index contributed by atoms with van der Waals surface area (Å²) in [5.74, 6) is 0. The van der Waals surface area contributed by atoms with Crippen molar-refractivity contribution in [1.82, 2.24) is 25.0 Å². The SMILES string of the molecule is CC(C)(C)CNc1c(C#N)cnc2c(Cl)cc(NC(c3cn(C4CC4)nn3)c3cccc4ccncc34)cc12. The topological polar surface area (TPSA) is 104 Å². The van der Waals surface area contributed by atoms with Crippen molar-refractivity contribution in [2.24, 2.45) is 5.41 Å². The number of hydrogen-bond donors (Lipinski definition) is 2. The number of rotatable bonds is 7.